The summed E-state index contributed by atoms with van der Waals surface area (Å²) in [4.78, 5) is 14.5. The van der Waals surface area contributed by atoms with Crippen LogP contribution in [-0.4, -0.2) is 35.6 Å². The summed E-state index contributed by atoms with van der Waals surface area (Å²) in [5.74, 6) is 0.468. The first-order valence-electron chi connectivity index (χ1n) is 7.65. The molecule has 1 amide bonds. The van der Waals surface area contributed by atoms with Crippen molar-refractivity contribution in [3.8, 4) is 0 Å². The number of nitrogens with zero attached hydrogens (tertiary/aromatic N) is 2. The van der Waals surface area contributed by atoms with Crippen LogP contribution >= 0.6 is 0 Å². The normalized spacial score (nSPS) is 14.6. The van der Waals surface area contributed by atoms with E-state index in [0.717, 1.165) is 26.1 Å². The highest BCUT2D eigenvalue weighted by atomic mass is 16.5. The van der Waals surface area contributed by atoms with E-state index >= 15 is 0 Å². The summed E-state index contributed by atoms with van der Waals surface area (Å²) in [6.07, 6.45) is 1.08. The molecule has 0 unspecified atom stereocenters. The van der Waals surface area contributed by atoms with E-state index in [-0.39, 0.29) is 5.91 Å². The van der Waals surface area contributed by atoms with Crippen molar-refractivity contribution in [2.24, 2.45) is 0 Å². The van der Waals surface area contributed by atoms with Crippen LogP contribution < -0.4 is 5.32 Å². The molecule has 1 N–H and O–H groups in total. The lowest BCUT2D eigenvalue weighted by atomic mass is 10.00. The molecule has 0 saturated heterocycles. The molecule has 0 fully saturated rings. The second-order valence-electron chi connectivity index (χ2n) is 5.75. The van der Waals surface area contributed by atoms with Crippen molar-refractivity contribution in [2.45, 2.75) is 26.8 Å². The van der Waals surface area contributed by atoms with Gasteiger partial charge in [-0.05, 0) is 31.4 Å². The molecule has 5 nitrogen and oxygen atoms in total. The van der Waals surface area contributed by atoms with Crippen molar-refractivity contribution < 1.29 is 9.32 Å². The number of hydrogen-bond acceptors (Lipinski definition) is 4. The summed E-state index contributed by atoms with van der Waals surface area (Å²) in [7, 11) is 0. The van der Waals surface area contributed by atoms with Crippen molar-refractivity contribution in [3.63, 3.8) is 0 Å². The number of carbonyl (C=O) groups excluding carboxylic acids is 1. The van der Waals surface area contributed by atoms with Gasteiger partial charge in [-0.2, -0.15) is 0 Å². The van der Waals surface area contributed by atoms with Gasteiger partial charge in [-0.3, -0.25) is 9.69 Å². The van der Waals surface area contributed by atoms with E-state index in [0.29, 0.717) is 23.6 Å². The van der Waals surface area contributed by atoms with Crippen molar-refractivity contribution in [1.29, 1.82) is 0 Å². The van der Waals surface area contributed by atoms with Crippen LogP contribution in [-0.2, 0) is 13.0 Å². The third-order valence-corrected chi connectivity index (χ3v) is 4.18. The molecule has 2 aromatic rings. The van der Waals surface area contributed by atoms with E-state index in [1.54, 1.807) is 13.8 Å². The standard InChI is InChI=1S/C17H21N3O2/c1-12-16(13(2)22-19-12)17(21)18-8-10-20-9-7-14-5-3-4-6-15(14)11-20/h3-6H,7-11H2,1-2H3,(H,18,21). The number of rotatable bonds is 4. The first kappa shape index (κ1) is 14.8. The SMILES string of the molecule is Cc1noc(C)c1C(=O)NCCN1CCc2ccccc2C1. The van der Waals surface area contributed by atoms with Gasteiger partial charge in [0.2, 0.25) is 0 Å². The summed E-state index contributed by atoms with van der Waals surface area (Å²) in [6, 6.07) is 8.57. The van der Waals surface area contributed by atoms with Crippen molar-refractivity contribution in [3.05, 3.63) is 52.4 Å². The lowest BCUT2D eigenvalue weighted by Gasteiger charge is -2.28. The Balaban J connectivity index is 1.51. The zero-order valence-corrected chi connectivity index (χ0v) is 13.1. The smallest absolute Gasteiger partial charge is 0.256 e. The number of amides is 1. The summed E-state index contributed by atoms with van der Waals surface area (Å²) < 4.78 is 5.03. The predicted octanol–water partition coefficient (Wildman–Crippen LogP) is 2.08. The second kappa shape index (κ2) is 6.32. The zero-order chi connectivity index (χ0) is 15.5. The molecule has 0 atom stereocenters. The van der Waals surface area contributed by atoms with Gasteiger partial charge in [-0.25, -0.2) is 0 Å². The van der Waals surface area contributed by atoms with Crippen LogP contribution in [0.2, 0.25) is 0 Å². The summed E-state index contributed by atoms with van der Waals surface area (Å²) >= 11 is 0. The van der Waals surface area contributed by atoms with Gasteiger partial charge in [0.1, 0.15) is 11.3 Å². The maximum atomic E-state index is 12.2. The maximum absolute atomic E-state index is 12.2. The molecule has 5 heteroatoms. The van der Waals surface area contributed by atoms with E-state index in [1.807, 2.05) is 0 Å². The molecule has 2 heterocycles. The predicted molar refractivity (Wildman–Crippen MR) is 83.7 cm³/mol. The fourth-order valence-electron chi connectivity index (χ4n) is 2.97. The Kier molecular flexibility index (Phi) is 4.24. The average molecular weight is 299 g/mol. The van der Waals surface area contributed by atoms with Gasteiger partial charge < -0.3 is 9.84 Å². The van der Waals surface area contributed by atoms with Crippen LogP contribution in [0.3, 0.4) is 0 Å². The van der Waals surface area contributed by atoms with Crippen LogP contribution in [0.1, 0.15) is 32.9 Å². The Labute approximate surface area is 130 Å². The lowest BCUT2D eigenvalue weighted by Crippen LogP contribution is -2.38. The second-order valence-corrected chi connectivity index (χ2v) is 5.75. The number of hydrogen-bond donors (Lipinski definition) is 1. The van der Waals surface area contributed by atoms with Crippen molar-refractivity contribution >= 4 is 5.91 Å². The monoisotopic (exact) mass is 299 g/mol. The molecule has 1 aliphatic rings. The third kappa shape index (κ3) is 3.04. The lowest BCUT2D eigenvalue weighted by molar-refractivity contribution is 0.0945. The summed E-state index contributed by atoms with van der Waals surface area (Å²) in [5.41, 5.74) is 4.04. The molecule has 0 saturated carbocycles. The van der Waals surface area contributed by atoms with Gasteiger partial charge in [0.15, 0.2) is 0 Å². The highest BCUT2D eigenvalue weighted by Gasteiger charge is 2.18. The highest BCUT2D eigenvalue weighted by Crippen LogP contribution is 2.18. The number of fused-ring (bicyclic) bond motifs is 1. The van der Waals surface area contributed by atoms with Gasteiger partial charge in [-0.15, -0.1) is 0 Å². The van der Waals surface area contributed by atoms with E-state index < -0.39 is 0 Å². The molecular formula is C17H21N3O2. The highest BCUT2D eigenvalue weighted by molar-refractivity contribution is 5.96. The van der Waals surface area contributed by atoms with Crippen LogP contribution in [0.5, 0.6) is 0 Å². The minimum absolute atomic E-state index is 0.103. The maximum Gasteiger partial charge on any atom is 0.256 e. The Morgan fingerprint density at radius 2 is 2.09 bits per heavy atom. The van der Waals surface area contributed by atoms with E-state index in [1.165, 1.54) is 11.1 Å². The van der Waals surface area contributed by atoms with Gasteiger partial charge in [0.25, 0.3) is 5.91 Å². The fourth-order valence-corrected chi connectivity index (χ4v) is 2.97. The molecule has 1 aromatic heterocycles. The first-order chi connectivity index (χ1) is 10.6. The molecule has 0 bridgehead atoms. The number of aromatic nitrogens is 1. The summed E-state index contributed by atoms with van der Waals surface area (Å²) in [6.45, 7) is 7.02. The van der Waals surface area contributed by atoms with Gasteiger partial charge in [0, 0.05) is 26.2 Å². The van der Waals surface area contributed by atoms with Gasteiger partial charge in [0.05, 0.1) is 5.69 Å². The first-order valence-corrected chi connectivity index (χ1v) is 7.65. The minimum Gasteiger partial charge on any atom is -0.361 e. The molecule has 0 spiro atoms. The van der Waals surface area contributed by atoms with Gasteiger partial charge in [-0.1, -0.05) is 29.4 Å². The van der Waals surface area contributed by atoms with Crippen LogP contribution in [0.25, 0.3) is 0 Å². The van der Waals surface area contributed by atoms with Crippen molar-refractivity contribution in [1.82, 2.24) is 15.4 Å². The van der Waals surface area contributed by atoms with E-state index in [9.17, 15) is 4.79 Å². The Morgan fingerprint density at radius 1 is 1.32 bits per heavy atom. The topological polar surface area (TPSA) is 58.4 Å². The summed E-state index contributed by atoms with van der Waals surface area (Å²) in [5, 5.41) is 6.77. The van der Waals surface area contributed by atoms with E-state index in [4.69, 9.17) is 4.52 Å². The largest absolute Gasteiger partial charge is 0.361 e. The number of benzene rings is 1. The number of nitrogens with one attached hydrogen (secondary N) is 1. The molecule has 0 aliphatic carbocycles. The van der Waals surface area contributed by atoms with Crippen molar-refractivity contribution in [2.75, 3.05) is 19.6 Å². The van der Waals surface area contributed by atoms with Crippen LogP contribution in [0, 0.1) is 13.8 Å². The minimum atomic E-state index is -0.103. The third-order valence-electron chi connectivity index (χ3n) is 4.18. The molecule has 22 heavy (non-hydrogen) atoms. The molecular weight excluding hydrogens is 278 g/mol. The van der Waals surface area contributed by atoms with Crippen LogP contribution in [0.15, 0.2) is 28.8 Å². The molecule has 1 aromatic carbocycles. The molecule has 0 radical (unpaired) electrons. The number of aryl methyl sites for hydroxylation is 2. The number of carbonyl (C=O) groups is 1. The Morgan fingerprint density at radius 3 is 2.82 bits per heavy atom. The van der Waals surface area contributed by atoms with E-state index in [2.05, 4.69) is 39.6 Å². The molecule has 3 rings (SSSR count). The molecule has 1 aliphatic heterocycles. The fraction of sp³-hybridized carbons (Fsp3) is 0.412. The zero-order valence-electron chi connectivity index (χ0n) is 13.1. The van der Waals surface area contributed by atoms with Gasteiger partial charge >= 0.3 is 0 Å². The Hall–Kier alpha value is -2.14. The quantitative estimate of drug-likeness (QED) is 0.939. The Bertz CT molecular complexity index is 659. The average Bonchev–Trinajstić information content (AvgIpc) is 2.86. The van der Waals surface area contributed by atoms with Crippen LogP contribution in [0.4, 0.5) is 0 Å². The molecule has 116 valence electrons.